The van der Waals surface area contributed by atoms with Crippen LogP contribution in [0.1, 0.15) is 40.9 Å². The minimum absolute atomic E-state index is 0.0196. The zero-order chi connectivity index (χ0) is 26.5. The van der Waals surface area contributed by atoms with Crippen LogP contribution in [0.4, 0.5) is 0 Å². The lowest BCUT2D eigenvalue weighted by Gasteiger charge is -2.24. The number of nitrogens with one attached hydrogen (secondary N) is 1. The predicted molar refractivity (Wildman–Crippen MR) is 144 cm³/mol. The normalized spacial score (nSPS) is 17.1. The molecule has 2 unspecified atom stereocenters. The van der Waals surface area contributed by atoms with Gasteiger partial charge in [0.2, 0.25) is 0 Å². The lowest BCUT2D eigenvalue weighted by molar-refractivity contribution is -0.136. The number of hydrogen-bond acceptors (Lipinski definition) is 4. The monoisotopic (exact) mass is 539 g/mol. The van der Waals surface area contributed by atoms with E-state index in [1.807, 2.05) is 53.2 Å². The number of carboxylic acids is 1. The third-order valence-electron chi connectivity index (χ3n) is 6.24. The quantitative estimate of drug-likeness (QED) is 0.359. The summed E-state index contributed by atoms with van der Waals surface area (Å²) in [6.45, 7) is 2.66. The number of aromatic nitrogens is 2. The summed E-state index contributed by atoms with van der Waals surface area (Å²) in [5.74, 6) is -0.402. The van der Waals surface area contributed by atoms with Crippen LogP contribution < -0.4 is 10.1 Å². The Kier molecular flexibility index (Phi) is 8.36. The predicted octanol–water partition coefficient (Wildman–Crippen LogP) is 5.79. The van der Waals surface area contributed by atoms with Gasteiger partial charge in [0.25, 0.3) is 5.91 Å². The Balaban J connectivity index is 1.61. The van der Waals surface area contributed by atoms with E-state index >= 15 is 0 Å². The molecule has 1 aliphatic rings. The standard InChI is InChI=1S/C28H27Cl2N3O4/c1-17-13-23(29)24(30)14-22(17)26-15-25(19-7-9-21(37-2)10-8-19)32-33(26)16-18-3-5-20(6-4-18)28(36)31-12-11-27(34)35/h3-10,13-15,17,22H,11-12,16H2,1-2H3,(H,31,36)(H,34,35). The summed E-state index contributed by atoms with van der Waals surface area (Å²) in [4.78, 5) is 23.0. The fourth-order valence-electron chi connectivity index (χ4n) is 4.21. The highest BCUT2D eigenvalue weighted by Crippen LogP contribution is 2.39. The lowest BCUT2D eigenvalue weighted by atomic mass is 9.86. The number of carboxylic acid groups (broad SMARTS) is 1. The number of aliphatic carboxylic acids is 1. The van der Waals surface area contributed by atoms with Crippen LogP contribution in [0.25, 0.3) is 11.3 Å². The Morgan fingerprint density at radius 3 is 2.38 bits per heavy atom. The van der Waals surface area contributed by atoms with Crippen LogP contribution in [0.3, 0.4) is 0 Å². The summed E-state index contributed by atoms with van der Waals surface area (Å²) >= 11 is 12.7. The molecule has 2 atom stereocenters. The number of carbonyl (C=O) groups excluding carboxylic acids is 1. The molecule has 0 fully saturated rings. The highest BCUT2D eigenvalue weighted by Gasteiger charge is 2.26. The van der Waals surface area contributed by atoms with E-state index < -0.39 is 5.97 Å². The number of benzene rings is 2. The van der Waals surface area contributed by atoms with Crippen LogP contribution in [0.15, 0.2) is 76.8 Å². The molecule has 0 saturated carbocycles. The molecule has 0 aliphatic heterocycles. The van der Waals surface area contributed by atoms with Crippen LogP contribution in [-0.2, 0) is 11.3 Å². The first-order valence-electron chi connectivity index (χ1n) is 11.8. The van der Waals surface area contributed by atoms with E-state index in [9.17, 15) is 9.59 Å². The van der Waals surface area contributed by atoms with Crippen LogP contribution in [0.2, 0.25) is 0 Å². The van der Waals surface area contributed by atoms with Gasteiger partial charge in [0.05, 0.1) is 35.8 Å². The molecule has 2 aromatic carbocycles. The van der Waals surface area contributed by atoms with Crippen LogP contribution in [0, 0.1) is 5.92 Å². The maximum atomic E-state index is 12.3. The largest absolute Gasteiger partial charge is 0.497 e. The Hall–Kier alpha value is -3.55. The molecule has 192 valence electrons. The molecule has 0 bridgehead atoms. The fourth-order valence-corrected chi connectivity index (χ4v) is 4.67. The lowest BCUT2D eigenvalue weighted by Crippen LogP contribution is -2.25. The number of amides is 1. The number of rotatable bonds is 9. The molecule has 1 heterocycles. The van der Waals surface area contributed by atoms with Crippen molar-refractivity contribution in [3.8, 4) is 17.0 Å². The molecule has 0 saturated heterocycles. The first kappa shape index (κ1) is 26.5. The number of nitrogens with zero attached hydrogens (tertiary/aromatic N) is 2. The first-order valence-corrected chi connectivity index (χ1v) is 12.6. The van der Waals surface area contributed by atoms with Gasteiger partial charge >= 0.3 is 5.97 Å². The zero-order valence-electron chi connectivity index (χ0n) is 20.4. The topological polar surface area (TPSA) is 93.5 Å². The summed E-state index contributed by atoms with van der Waals surface area (Å²) in [6.07, 6.45) is 3.79. The fraction of sp³-hybridized carbons (Fsp3) is 0.250. The van der Waals surface area contributed by atoms with Crippen molar-refractivity contribution in [3.05, 3.63) is 93.6 Å². The van der Waals surface area contributed by atoms with E-state index in [0.29, 0.717) is 22.2 Å². The number of ether oxygens (including phenoxy) is 1. The van der Waals surface area contributed by atoms with Crippen molar-refractivity contribution >= 4 is 35.1 Å². The zero-order valence-corrected chi connectivity index (χ0v) is 22.0. The second-order valence-electron chi connectivity index (χ2n) is 8.85. The average Bonchev–Trinajstić information content (AvgIpc) is 3.29. The van der Waals surface area contributed by atoms with Gasteiger partial charge < -0.3 is 15.2 Å². The van der Waals surface area contributed by atoms with Gasteiger partial charge in [-0.1, -0.05) is 54.4 Å². The summed E-state index contributed by atoms with van der Waals surface area (Å²) in [7, 11) is 1.63. The molecule has 0 spiro atoms. The molecular formula is C28H27Cl2N3O4. The number of carbonyl (C=O) groups is 2. The van der Waals surface area contributed by atoms with Crippen molar-refractivity contribution < 1.29 is 19.4 Å². The highest BCUT2D eigenvalue weighted by molar-refractivity contribution is 6.44. The maximum absolute atomic E-state index is 12.3. The molecule has 1 aliphatic carbocycles. The third kappa shape index (κ3) is 6.42. The molecule has 9 heteroatoms. The summed E-state index contributed by atoms with van der Waals surface area (Å²) < 4.78 is 7.24. The average molecular weight is 540 g/mol. The summed E-state index contributed by atoms with van der Waals surface area (Å²) in [6, 6.07) is 17.0. The van der Waals surface area contributed by atoms with Gasteiger partial charge in [-0.05, 0) is 53.9 Å². The van der Waals surface area contributed by atoms with Crippen molar-refractivity contribution in [1.29, 1.82) is 0 Å². The van der Waals surface area contributed by atoms with E-state index in [4.69, 9.17) is 38.1 Å². The van der Waals surface area contributed by atoms with Gasteiger partial charge in [-0.3, -0.25) is 14.3 Å². The Labute approximate surface area is 225 Å². The summed E-state index contributed by atoms with van der Waals surface area (Å²) in [5, 5.41) is 17.3. The second-order valence-corrected chi connectivity index (χ2v) is 9.67. The Bertz CT molecular complexity index is 1340. The Morgan fingerprint density at radius 1 is 1.05 bits per heavy atom. The van der Waals surface area contributed by atoms with Gasteiger partial charge in [0.15, 0.2) is 0 Å². The molecular weight excluding hydrogens is 513 g/mol. The van der Waals surface area contributed by atoms with E-state index in [1.54, 1.807) is 19.2 Å². The highest BCUT2D eigenvalue weighted by atomic mass is 35.5. The molecule has 7 nitrogen and oxygen atoms in total. The smallest absolute Gasteiger partial charge is 0.305 e. The van der Waals surface area contributed by atoms with Crippen LogP contribution in [-0.4, -0.2) is 40.4 Å². The van der Waals surface area contributed by atoms with Crippen molar-refractivity contribution in [1.82, 2.24) is 15.1 Å². The van der Waals surface area contributed by atoms with Gasteiger partial charge in [0.1, 0.15) is 5.75 Å². The van der Waals surface area contributed by atoms with E-state index in [0.717, 1.165) is 28.3 Å². The molecule has 1 amide bonds. The number of allylic oxidation sites excluding steroid dienone is 4. The van der Waals surface area contributed by atoms with E-state index in [-0.39, 0.29) is 30.7 Å². The third-order valence-corrected chi connectivity index (χ3v) is 7.00. The van der Waals surface area contributed by atoms with Gasteiger partial charge in [-0.25, -0.2) is 0 Å². The van der Waals surface area contributed by atoms with Crippen molar-refractivity contribution in [2.45, 2.75) is 25.8 Å². The Morgan fingerprint density at radius 2 is 1.73 bits per heavy atom. The van der Waals surface area contributed by atoms with Gasteiger partial charge in [-0.15, -0.1) is 0 Å². The van der Waals surface area contributed by atoms with Crippen LogP contribution >= 0.6 is 23.2 Å². The van der Waals surface area contributed by atoms with Crippen LogP contribution in [0.5, 0.6) is 5.75 Å². The minimum atomic E-state index is -0.958. The van der Waals surface area contributed by atoms with Crippen molar-refractivity contribution in [2.24, 2.45) is 5.92 Å². The van der Waals surface area contributed by atoms with E-state index in [2.05, 4.69) is 18.3 Å². The van der Waals surface area contributed by atoms with Gasteiger partial charge in [0, 0.05) is 29.3 Å². The molecule has 4 rings (SSSR count). The SMILES string of the molecule is COc1ccc(-c2cc(C3C=C(Cl)C(Cl)=CC3C)n(Cc3ccc(C(=O)NCCC(=O)O)cc3)n2)cc1. The number of hydrogen-bond donors (Lipinski definition) is 2. The minimum Gasteiger partial charge on any atom is -0.497 e. The summed E-state index contributed by atoms with van der Waals surface area (Å²) in [5.41, 5.74) is 4.20. The molecule has 1 aromatic heterocycles. The number of methoxy groups -OCH3 is 1. The second kappa shape index (κ2) is 11.7. The van der Waals surface area contributed by atoms with E-state index in [1.165, 1.54) is 0 Å². The molecule has 2 N–H and O–H groups in total. The molecule has 37 heavy (non-hydrogen) atoms. The number of halogens is 2. The van der Waals surface area contributed by atoms with Crippen molar-refractivity contribution in [2.75, 3.05) is 13.7 Å². The molecule has 3 aromatic rings. The maximum Gasteiger partial charge on any atom is 0.305 e. The van der Waals surface area contributed by atoms with Crippen molar-refractivity contribution in [3.63, 3.8) is 0 Å². The first-order chi connectivity index (χ1) is 17.7. The molecule has 0 radical (unpaired) electrons. The van der Waals surface area contributed by atoms with Gasteiger partial charge in [-0.2, -0.15) is 5.10 Å².